The van der Waals surface area contributed by atoms with Crippen LogP contribution in [-0.4, -0.2) is 30.0 Å². The van der Waals surface area contributed by atoms with Gasteiger partial charge in [-0.05, 0) is 48.4 Å². The number of nitrogens with one attached hydrogen (secondary N) is 2. The molecule has 148 valence electrons. The Morgan fingerprint density at radius 3 is 2.79 bits per heavy atom. The van der Waals surface area contributed by atoms with Gasteiger partial charge in [0.25, 0.3) is 5.91 Å². The van der Waals surface area contributed by atoms with E-state index in [9.17, 15) is 9.59 Å². The second-order valence-electron chi connectivity index (χ2n) is 7.36. The second kappa shape index (κ2) is 9.06. The van der Waals surface area contributed by atoms with Crippen LogP contribution in [0.15, 0.2) is 35.7 Å². The molecule has 0 aliphatic heterocycles. The molecule has 0 atom stereocenters. The maximum atomic E-state index is 12.2. The Labute approximate surface area is 169 Å². The third-order valence-electron chi connectivity index (χ3n) is 4.48. The molecule has 0 spiro atoms. The van der Waals surface area contributed by atoms with Crippen LogP contribution in [0.1, 0.15) is 31.4 Å². The minimum atomic E-state index is -0.362. The van der Waals surface area contributed by atoms with Crippen molar-refractivity contribution in [3.8, 4) is 10.6 Å². The first-order valence-corrected chi connectivity index (χ1v) is 10.4. The average molecular weight is 399 g/mol. The predicted octanol–water partition coefficient (Wildman–Crippen LogP) is 4.45. The third-order valence-corrected chi connectivity index (χ3v) is 5.37. The largest absolute Gasteiger partial charge is 0.456 e. The molecule has 1 aromatic carbocycles. The highest BCUT2D eigenvalue weighted by Gasteiger charge is 2.16. The van der Waals surface area contributed by atoms with Crippen LogP contribution in [0.2, 0.25) is 0 Å². The van der Waals surface area contributed by atoms with Gasteiger partial charge in [0.05, 0.1) is 10.6 Å². The number of ether oxygens (including phenoxy) is 1. The molecule has 0 saturated carbocycles. The summed E-state index contributed by atoms with van der Waals surface area (Å²) in [5.74, 6) is -0.261. The van der Waals surface area contributed by atoms with Gasteiger partial charge in [-0.3, -0.25) is 9.59 Å². The molecule has 0 radical (unpaired) electrons. The van der Waals surface area contributed by atoms with E-state index in [0.29, 0.717) is 18.9 Å². The van der Waals surface area contributed by atoms with Crippen molar-refractivity contribution < 1.29 is 14.3 Å². The highest BCUT2D eigenvalue weighted by molar-refractivity contribution is 7.13. The van der Waals surface area contributed by atoms with Crippen LogP contribution in [0.5, 0.6) is 0 Å². The topological polar surface area (TPSA) is 71.2 Å². The molecule has 3 rings (SSSR count). The van der Waals surface area contributed by atoms with E-state index in [1.165, 1.54) is 5.56 Å². The van der Waals surface area contributed by atoms with Crippen LogP contribution in [0.3, 0.4) is 0 Å². The van der Waals surface area contributed by atoms with Gasteiger partial charge in [0.2, 0.25) is 0 Å². The van der Waals surface area contributed by atoms with Gasteiger partial charge >= 0.3 is 5.97 Å². The number of aryl methyl sites for hydroxylation is 2. The van der Waals surface area contributed by atoms with E-state index in [1.807, 2.05) is 25.3 Å². The van der Waals surface area contributed by atoms with E-state index < -0.39 is 0 Å². The Bertz CT molecular complexity index is 958. The molecule has 1 amide bonds. The summed E-state index contributed by atoms with van der Waals surface area (Å²) in [5, 5.41) is 5.92. The quantitative estimate of drug-likeness (QED) is 0.551. The molecule has 5 nitrogen and oxygen atoms in total. The molecular formula is C22H26N2O3S. The van der Waals surface area contributed by atoms with Crippen molar-refractivity contribution in [3.63, 3.8) is 0 Å². The van der Waals surface area contributed by atoms with Crippen molar-refractivity contribution in [2.45, 2.75) is 33.6 Å². The molecule has 28 heavy (non-hydrogen) atoms. The number of hydrogen-bond donors (Lipinski definition) is 2. The molecule has 0 fully saturated rings. The fourth-order valence-corrected chi connectivity index (χ4v) is 3.82. The Morgan fingerprint density at radius 1 is 1.25 bits per heavy atom. The molecule has 2 N–H and O–H groups in total. The summed E-state index contributed by atoms with van der Waals surface area (Å²) in [6, 6.07) is 10.4. The number of esters is 1. The molecule has 0 aliphatic carbocycles. The molecule has 6 heteroatoms. The lowest BCUT2D eigenvalue weighted by Gasteiger charge is -2.08. The normalized spacial score (nSPS) is 11.1. The number of aromatic amines is 1. The van der Waals surface area contributed by atoms with Crippen molar-refractivity contribution in [2.75, 3.05) is 13.2 Å². The van der Waals surface area contributed by atoms with Gasteiger partial charge in [-0.15, -0.1) is 11.3 Å². The van der Waals surface area contributed by atoms with Gasteiger partial charge in [0, 0.05) is 23.9 Å². The van der Waals surface area contributed by atoms with E-state index in [0.717, 1.165) is 27.0 Å². The number of amides is 1. The van der Waals surface area contributed by atoms with Gasteiger partial charge in [0.15, 0.2) is 6.61 Å². The number of hydrogen-bond acceptors (Lipinski definition) is 4. The summed E-state index contributed by atoms with van der Waals surface area (Å²) in [7, 11) is 0. The van der Waals surface area contributed by atoms with Crippen LogP contribution in [0, 0.1) is 12.8 Å². The van der Waals surface area contributed by atoms with E-state index in [2.05, 4.69) is 41.5 Å². The Hall–Kier alpha value is -2.60. The predicted molar refractivity (Wildman–Crippen MR) is 113 cm³/mol. The summed E-state index contributed by atoms with van der Waals surface area (Å²) in [4.78, 5) is 28.5. The number of carbonyl (C=O) groups excluding carboxylic acids is 2. The Morgan fingerprint density at radius 2 is 2.07 bits per heavy atom. The number of fused-ring (bicyclic) bond motifs is 1. The number of rotatable bonds is 8. The Balaban J connectivity index is 1.68. The van der Waals surface area contributed by atoms with E-state index in [1.54, 1.807) is 11.3 Å². The minimum absolute atomic E-state index is 0.226. The summed E-state index contributed by atoms with van der Waals surface area (Å²) >= 11 is 1.67. The van der Waals surface area contributed by atoms with Crippen LogP contribution < -0.4 is 5.32 Å². The van der Waals surface area contributed by atoms with E-state index in [-0.39, 0.29) is 24.9 Å². The molecular weight excluding hydrogens is 372 g/mol. The number of benzene rings is 1. The summed E-state index contributed by atoms with van der Waals surface area (Å²) in [5.41, 5.74) is 4.40. The summed E-state index contributed by atoms with van der Waals surface area (Å²) in [6.45, 7) is 6.44. The third kappa shape index (κ3) is 5.01. The monoisotopic (exact) mass is 398 g/mol. The van der Waals surface area contributed by atoms with Gasteiger partial charge in [-0.25, -0.2) is 0 Å². The van der Waals surface area contributed by atoms with E-state index >= 15 is 0 Å². The Kier molecular flexibility index (Phi) is 6.52. The van der Waals surface area contributed by atoms with Crippen molar-refractivity contribution in [2.24, 2.45) is 5.92 Å². The highest BCUT2D eigenvalue weighted by Crippen LogP contribution is 2.34. The van der Waals surface area contributed by atoms with Crippen molar-refractivity contribution in [3.05, 3.63) is 46.8 Å². The molecule has 2 aromatic heterocycles. The number of carbonyl (C=O) groups is 2. The smallest absolute Gasteiger partial charge is 0.306 e. The highest BCUT2D eigenvalue weighted by atomic mass is 32.1. The maximum Gasteiger partial charge on any atom is 0.306 e. The van der Waals surface area contributed by atoms with Crippen LogP contribution >= 0.6 is 11.3 Å². The average Bonchev–Trinajstić information content (AvgIpc) is 3.30. The maximum absolute atomic E-state index is 12.2. The lowest BCUT2D eigenvalue weighted by atomic mass is 10.0. The zero-order valence-electron chi connectivity index (χ0n) is 16.5. The first kappa shape index (κ1) is 20.1. The number of thiophene rings is 1. The summed E-state index contributed by atoms with van der Waals surface area (Å²) in [6.07, 6.45) is 0.792. The van der Waals surface area contributed by atoms with Gasteiger partial charge in [-0.1, -0.05) is 31.5 Å². The molecule has 0 aliphatic rings. The zero-order valence-corrected chi connectivity index (χ0v) is 17.3. The molecule has 0 bridgehead atoms. The standard InChI is InChI=1S/C22H26N2O3S/c1-14(2)12-23-20(25)13-27-21(26)9-7-16-17-11-15(3)6-8-18(17)24-22(16)19-5-4-10-28-19/h4-6,8,10-11,14,24H,7,9,12-13H2,1-3H3,(H,23,25). The minimum Gasteiger partial charge on any atom is -0.456 e. The van der Waals surface area contributed by atoms with Crippen molar-refractivity contribution in [1.82, 2.24) is 10.3 Å². The van der Waals surface area contributed by atoms with Crippen LogP contribution in [-0.2, 0) is 20.7 Å². The molecule has 0 saturated heterocycles. The first-order valence-electron chi connectivity index (χ1n) is 9.51. The van der Waals surface area contributed by atoms with Gasteiger partial charge in [0.1, 0.15) is 0 Å². The van der Waals surface area contributed by atoms with Crippen LogP contribution in [0.4, 0.5) is 0 Å². The van der Waals surface area contributed by atoms with E-state index in [4.69, 9.17) is 4.74 Å². The van der Waals surface area contributed by atoms with Crippen molar-refractivity contribution >= 4 is 34.1 Å². The van der Waals surface area contributed by atoms with Gasteiger partial charge in [-0.2, -0.15) is 0 Å². The summed E-state index contributed by atoms with van der Waals surface area (Å²) < 4.78 is 5.14. The first-order chi connectivity index (χ1) is 13.4. The van der Waals surface area contributed by atoms with Crippen LogP contribution in [0.25, 0.3) is 21.5 Å². The molecule has 2 heterocycles. The fraction of sp³-hybridized carbons (Fsp3) is 0.364. The fourth-order valence-electron chi connectivity index (χ4n) is 3.07. The lowest BCUT2D eigenvalue weighted by Crippen LogP contribution is -2.31. The number of aromatic nitrogens is 1. The molecule has 3 aromatic rings. The lowest BCUT2D eigenvalue weighted by molar-refractivity contribution is -0.148. The number of H-pyrrole nitrogens is 1. The van der Waals surface area contributed by atoms with Crippen molar-refractivity contribution in [1.29, 1.82) is 0 Å². The second-order valence-corrected chi connectivity index (χ2v) is 8.31. The zero-order chi connectivity index (χ0) is 20.1. The SMILES string of the molecule is Cc1ccc2[nH]c(-c3cccs3)c(CCC(=O)OCC(=O)NCC(C)C)c2c1. The van der Waals surface area contributed by atoms with Gasteiger partial charge < -0.3 is 15.0 Å². The molecule has 0 unspecified atom stereocenters.